The number of rotatable bonds is 3. The molecule has 1 saturated carbocycles. The van der Waals surface area contributed by atoms with Gasteiger partial charge in [0.1, 0.15) is 11.8 Å². The normalized spacial score (nSPS) is 18.7. The fourth-order valence-corrected chi connectivity index (χ4v) is 2.43. The zero-order valence-corrected chi connectivity index (χ0v) is 10.5. The van der Waals surface area contributed by atoms with Gasteiger partial charge in [-0.3, -0.25) is 0 Å². The summed E-state index contributed by atoms with van der Waals surface area (Å²) >= 11 is 0. The van der Waals surface area contributed by atoms with Crippen LogP contribution in [0.1, 0.15) is 44.2 Å². The number of aliphatic hydroxyl groups is 1. The number of hydrogen-bond donors (Lipinski definition) is 2. The van der Waals surface area contributed by atoms with Gasteiger partial charge in [-0.2, -0.15) is 5.26 Å². The van der Waals surface area contributed by atoms with E-state index in [4.69, 9.17) is 5.26 Å². The van der Waals surface area contributed by atoms with Crippen molar-refractivity contribution < 1.29 is 5.11 Å². The Labute approximate surface area is 108 Å². The number of nitrogens with one attached hydrogen (secondary N) is 1. The quantitative estimate of drug-likeness (QED) is 0.803. The van der Waals surface area contributed by atoms with Crippen LogP contribution in [-0.2, 0) is 0 Å². The Morgan fingerprint density at radius 1 is 1.33 bits per heavy atom. The molecule has 2 rings (SSSR count). The van der Waals surface area contributed by atoms with Crippen molar-refractivity contribution in [1.29, 1.82) is 5.26 Å². The topological polar surface area (TPSA) is 68.9 Å². The molecule has 0 atom stereocenters. The minimum absolute atomic E-state index is 0.396. The molecule has 1 aromatic rings. The van der Waals surface area contributed by atoms with Crippen LogP contribution in [0.2, 0.25) is 0 Å². The molecule has 0 aliphatic heterocycles. The van der Waals surface area contributed by atoms with Crippen LogP contribution in [0.5, 0.6) is 0 Å². The van der Waals surface area contributed by atoms with Gasteiger partial charge in [0.05, 0.1) is 5.60 Å². The first kappa shape index (κ1) is 12.8. The second kappa shape index (κ2) is 5.83. The summed E-state index contributed by atoms with van der Waals surface area (Å²) in [6.07, 6.45) is 7.95. The molecule has 1 aliphatic rings. The lowest BCUT2D eigenvalue weighted by atomic mass is 9.94. The van der Waals surface area contributed by atoms with Crippen LogP contribution < -0.4 is 5.32 Å². The maximum Gasteiger partial charge on any atom is 0.142 e. The standard InChI is InChI=1S/C14H19N3O/c15-10-13-9-12(5-8-16-13)17-11-14(18)6-3-1-2-4-7-14/h5,8-9,18H,1-4,6-7,11H2,(H,16,17). The van der Waals surface area contributed by atoms with Crippen molar-refractivity contribution in [2.24, 2.45) is 0 Å². The van der Waals surface area contributed by atoms with Gasteiger partial charge in [0.2, 0.25) is 0 Å². The Hall–Kier alpha value is -1.60. The molecule has 1 heterocycles. The number of aromatic nitrogens is 1. The van der Waals surface area contributed by atoms with Gasteiger partial charge in [0.25, 0.3) is 0 Å². The SMILES string of the molecule is N#Cc1cc(NCC2(O)CCCCCC2)ccn1. The van der Waals surface area contributed by atoms with E-state index in [1.165, 1.54) is 12.8 Å². The predicted molar refractivity (Wildman–Crippen MR) is 70.1 cm³/mol. The number of nitriles is 1. The predicted octanol–water partition coefficient (Wildman–Crippen LogP) is 2.45. The molecule has 0 amide bonds. The van der Waals surface area contributed by atoms with Gasteiger partial charge >= 0.3 is 0 Å². The molecule has 4 nitrogen and oxygen atoms in total. The summed E-state index contributed by atoms with van der Waals surface area (Å²) in [7, 11) is 0. The average molecular weight is 245 g/mol. The van der Waals surface area contributed by atoms with Crippen LogP contribution >= 0.6 is 0 Å². The first-order chi connectivity index (χ1) is 8.72. The molecule has 18 heavy (non-hydrogen) atoms. The van der Waals surface area contributed by atoms with Gasteiger partial charge < -0.3 is 10.4 Å². The van der Waals surface area contributed by atoms with Crippen molar-refractivity contribution in [3.63, 3.8) is 0 Å². The zero-order valence-electron chi connectivity index (χ0n) is 10.5. The Morgan fingerprint density at radius 3 is 2.72 bits per heavy atom. The molecule has 0 radical (unpaired) electrons. The Kier molecular flexibility index (Phi) is 4.16. The van der Waals surface area contributed by atoms with E-state index in [-0.39, 0.29) is 0 Å². The Balaban J connectivity index is 1.95. The lowest BCUT2D eigenvalue weighted by Crippen LogP contribution is -2.36. The third-order valence-corrected chi connectivity index (χ3v) is 3.53. The highest BCUT2D eigenvalue weighted by Crippen LogP contribution is 2.27. The molecule has 2 N–H and O–H groups in total. The molecule has 1 aliphatic carbocycles. The molecule has 0 spiro atoms. The van der Waals surface area contributed by atoms with Crippen LogP contribution in [0.4, 0.5) is 5.69 Å². The van der Waals surface area contributed by atoms with E-state index < -0.39 is 5.60 Å². The summed E-state index contributed by atoms with van der Waals surface area (Å²) < 4.78 is 0. The Morgan fingerprint density at radius 2 is 2.06 bits per heavy atom. The third kappa shape index (κ3) is 3.44. The van der Waals surface area contributed by atoms with Gasteiger partial charge in [0.15, 0.2) is 0 Å². The smallest absolute Gasteiger partial charge is 0.142 e. The highest BCUT2D eigenvalue weighted by molar-refractivity contribution is 5.46. The van der Waals surface area contributed by atoms with Crippen molar-refractivity contribution in [2.75, 3.05) is 11.9 Å². The molecule has 4 heteroatoms. The van der Waals surface area contributed by atoms with Crippen LogP contribution in [0.25, 0.3) is 0 Å². The minimum Gasteiger partial charge on any atom is -0.388 e. The molecule has 1 fully saturated rings. The van der Waals surface area contributed by atoms with Crippen LogP contribution in [-0.4, -0.2) is 22.2 Å². The third-order valence-electron chi connectivity index (χ3n) is 3.53. The summed E-state index contributed by atoms with van der Waals surface area (Å²) in [6.45, 7) is 0.544. The van der Waals surface area contributed by atoms with Gasteiger partial charge in [-0.05, 0) is 25.0 Å². The number of pyridine rings is 1. The van der Waals surface area contributed by atoms with E-state index >= 15 is 0 Å². The number of nitrogens with zero attached hydrogens (tertiary/aromatic N) is 2. The van der Waals surface area contributed by atoms with E-state index in [9.17, 15) is 5.11 Å². The van der Waals surface area contributed by atoms with Gasteiger partial charge in [-0.15, -0.1) is 0 Å². The molecule has 0 bridgehead atoms. The van der Waals surface area contributed by atoms with E-state index in [0.717, 1.165) is 31.4 Å². The molecular formula is C14H19N3O. The highest BCUT2D eigenvalue weighted by atomic mass is 16.3. The molecule has 1 aromatic heterocycles. The minimum atomic E-state index is -0.605. The van der Waals surface area contributed by atoms with Gasteiger partial charge in [-0.25, -0.2) is 4.98 Å². The monoisotopic (exact) mass is 245 g/mol. The molecule has 0 saturated heterocycles. The molecular weight excluding hydrogens is 226 g/mol. The van der Waals surface area contributed by atoms with Crippen molar-refractivity contribution in [3.05, 3.63) is 24.0 Å². The summed E-state index contributed by atoms with van der Waals surface area (Å²) in [4.78, 5) is 3.92. The maximum absolute atomic E-state index is 10.5. The molecule has 96 valence electrons. The number of anilines is 1. The molecule has 0 aromatic carbocycles. The van der Waals surface area contributed by atoms with Crippen LogP contribution in [0.3, 0.4) is 0 Å². The van der Waals surface area contributed by atoms with E-state index in [1.54, 1.807) is 12.3 Å². The van der Waals surface area contributed by atoms with E-state index in [1.807, 2.05) is 12.1 Å². The summed E-state index contributed by atoms with van der Waals surface area (Å²) in [5, 5.41) is 22.5. The second-order valence-electron chi connectivity index (χ2n) is 5.03. The summed E-state index contributed by atoms with van der Waals surface area (Å²) in [6, 6.07) is 5.54. The van der Waals surface area contributed by atoms with E-state index in [0.29, 0.717) is 12.2 Å². The van der Waals surface area contributed by atoms with Gasteiger partial charge in [-0.1, -0.05) is 25.7 Å². The zero-order chi connectivity index (χ0) is 12.8. The van der Waals surface area contributed by atoms with Crippen molar-refractivity contribution >= 4 is 5.69 Å². The van der Waals surface area contributed by atoms with Gasteiger partial charge in [0, 0.05) is 18.4 Å². The summed E-state index contributed by atoms with van der Waals surface area (Å²) in [5.41, 5.74) is 0.638. The molecule has 0 unspecified atom stereocenters. The number of hydrogen-bond acceptors (Lipinski definition) is 4. The van der Waals surface area contributed by atoms with Crippen molar-refractivity contribution in [3.8, 4) is 6.07 Å². The Bertz CT molecular complexity index is 431. The van der Waals surface area contributed by atoms with Crippen LogP contribution in [0, 0.1) is 11.3 Å². The first-order valence-electron chi connectivity index (χ1n) is 6.54. The lowest BCUT2D eigenvalue weighted by molar-refractivity contribution is 0.0381. The average Bonchev–Trinajstić information content (AvgIpc) is 2.62. The fraction of sp³-hybridized carbons (Fsp3) is 0.571. The van der Waals surface area contributed by atoms with Crippen molar-refractivity contribution in [2.45, 2.75) is 44.1 Å². The largest absolute Gasteiger partial charge is 0.388 e. The summed E-state index contributed by atoms with van der Waals surface area (Å²) in [5.74, 6) is 0. The maximum atomic E-state index is 10.5. The first-order valence-corrected chi connectivity index (χ1v) is 6.54. The van der Waals surface area contributed by atoms with Crippen molar-refractivity contribution in [1.82, 2.24) is 4.98 Å². The second-order valence-corrected chi connectivity index (χ2v) is 5.03. The van der Waals surface area contributed by atoms with Crippen LogP contribution in [0.15, 0.2) is 18.3 Å². The van der Waals surface area contributed by atoms with E-state index in [2.05, 4.69) is 10.3 Å². The fourth-order valence-electron chi connectivity index (χ4n) is 2.43. The highest BCUT2D eigenvalue weighted by Gasteiger charge is 2.27. The lowest BCUT2D eigenvalue weighted by Gasteiger charge is -2.27.